The zero-order valence-corrected chi connectivity index (χ0v) is 10.9. The van der Waals surface area contributed by atoms with Crippen LogP contribution in [-0.4, -0.2) is 29.7 Å². The first-order valence-electron chi connectivity index (χ1n) is 5.51. The Hall–Kier alpha value is -2.68. The van der Waals surface area contributed by atoms with Crippen molar-refractivity contribution in [2.75, 3.05) is 0 Å². The van der Waals surface area contributed by atoms with E-state index in [0.717, 1.165) is 12.1 Å². The Labute approximate surface area is 121 Å². The lowest BCUT2D eigenvalue weighted by atomic mass is 10.3. The van der Waals surface area contributed by atoms with Crippen LogP contribution < -0.4 is 4.74 Å². The third-order valence-electron chi connectivity index (χ3n) is 2.24. The van der Waals surface area contributed by atoms with E-state index >= 15 is 0 Å². The maximum atomic E-state index is 13.1. The number of benzene rings is 1. The third kappa shape index (κ3) is 3.08. The topological polar surface area (TPSA) is 78.6 Å². The molecule has 0 N–H and O–H groups in total. The summed E-state index contributed by atoms with van der Waals surface area (Å²) in [6.07, 6.45) is 2.62. The maximum absolute atomic E-state index is 13.1. The van der Waals surface area contributed by atoms with Crippen molar-refractivity contribution < 1.29 is 13.5 Å². The Morgan fingerprint density at radius 2 is 1.81 bits per heavy atom. The Morgan fingerprint density at radius 3 is 2.48 bits per heavy atom. The lowest BCUT2D eigenvalue weighted by Gasteiger charge is -2.05. The smallest absolute Gasteiger partial charge is 0.328 e. The van der Waals surface area contributed by atoms with Gasteiger partial charge in [-0.25, -0.2) is 13.8 Å². The van der Waals surface area contributed by atoms with Crippen molar-refractivity contribution in [3.05, 3.63) is 47.8 Å². The van der Waals surface area contributed by atoms with Crippen LogP contribution in [0.15, 0.2) is 30.9 Å². The second-order valence-electron chi connectivity index (χ2n) is 3.73. The van der Waals surface area contributed by atoms with E-state index in [-0.39, 0.29) is 23.0 Å². The first-order chi connectivity index (χ1) is 10.1. The number of hydrogen-bond donors (Lipinski definition) is 0. The van der Waals surface area contributed by atoms with Crippen molar-refractivity contribution in [2.45, 2.75) is 0 Å². The van der Waals surface area contributed by atoms with E-state index < -0.39 is 11.6 Å². The van der Waals surface area contributed by atoms with Gasteiger partial charge < -0.3 is 4.74 Å². The summed E-state index contributed by atoms with van der Waals surface area (Å²) in [7, 11) is 0. The van der Waals surface area contributed by atoms with Crippen LogP contribution in [0.3, 0.4) is 0 Å². The molecule has 0 fully saturated rings. The predicted octanol–water partition coefficient (Wildman–Crippen LogP) is 2.18. The van der Waals surface area contributed by atoms with E-state index in [1.807, 2.05) is 0 Å². The molecule has 0 saturated heterocycles. The summed E-state index contributed by atoms with van der Waals surface area (Å²) in [5.74, 6) is -1.64. The first-order valence-corrected chi connectivity index (χ1v) is 5.88. The largest absolute Gasteiger partial charge is 0.424 e. The van der Waals surface area contributed by atoms with Crippen LogP contribution in [0.2, 0.25) is 5.28 Å². The van der Waals surface area contributed by atoms with Gasteiger partial charge in [-0.05, 0) is 11.6 Å². The van der Waals surface area contributed by atoms with E-state index in [9.17, 15) is 8.78 Å². The summed E-state index contributed by atoms with van der Waals surface area (Å²) in [6, 6.07) is 2.45. The van der Waals surface area contributed by atoms with Crippen molar-refractivity contribution in [2.24, 2.45) is 0 Å². The van der Waals surface area contributed by atoms with Gasteiger partial charge in [0.25, 0.3) is 5.95 Å². The molecule has 10 heteroatoms. The van der Waals surface area contributed by atoms with Gasteiger partial charge in [0.2, 0.25) is 5.28 Å². The van der Waals surface area contributed by atoms with Gasteiger partial charge in [-0.1, -0.05) is 0 Å². The highest BCUT2D eigenvalue weighted by Crippen LogP contribution is 2.21. The fourth-order valence-electron chi connectivity index (χ4n) is 1.47. The summed E-state index contributed by atoms with van der Waals surface area (Å²) in [4.78, 5) is 15.2. The van der Waals surface area contributed by atoms with Gasteiger partial charge in [-0.15, -0.1) is 0 Å². The van der Waals surface area contributed by atoms with Crippen LogP contribution in [-0.2, 0) is 0 Å². The fraction of sp³-hybridized carbons (Fsp3) is 0. The van der Waals surface area contributed by atoms with Crippen LogP contribution in [0.5, 0.6) is 11.8 Å². The molecule has 0 aliphatic carbocycles. The normalized spacial score (nSPS) is 10.6. The van der Waals surface area contributed by atoms with Crippen LogP contribution in [0.4, 0.5) is 8.78 Å². The highest BCUT2D eigenvalue weighted by molar-refractivity contribution is 6.28. The Kier molecular flexibility index (Phi) is 3.40. The molecule has 3 aromatic rings. The summed E-state index contributed by atoms with van der Waals surface area (Å²) in [5.41, 5.74) is 0. The molecule has 3 rings (SSSR count). The van der Waals surface area contributed by atoms with Gasteiger partial charge in [0.05, 0.1) is 0 Å². The maximum Gasteiger partial charge on any atom is 0.328 e. The van der Waals surface area contributed by atoms with Crippen molar-refractivity contribution in [3.63, 3.8) is 0 Å². The zero-order chi connectivity index (χ0) is 14.8. The third-order valence-corrected chi connectivity index (χ3v) is 2.41. The lowest BCUT2D eigenvalue weighted by molar-refractivity contribution is 0.428. The summed E-state index contributed by atoms with van der Waals surface area (Å²) in [6.45, 7) is 0. The SMILES string of the molecule is Fc1cc(F)cc(Oc2nc(Cl)nc(-n3cncn3)n2)c1. The predicted molar refractivity (Wildman–Crippen MR) is 66.2 cm³/mol. The van der Waals surface area contributed by atoms with Gasteiger partial charge in [-0.2, -0.15) is 24.7 Å². The molecule has 2 heterocycles. The van der Waals surface area contributed by atoms with Crippen molar-refractivity contribution >= 4 is 11.6 Å². The molecule has 0 aliphatic rings. The second kappa shape index (κ2) is 5.37. The Bertz CT molecular complexity index is 762. The average Bonchev–Trinajstić information content (AvgIpc) is 2.90. The summed E-state index contributed by atoms with van der Waals surface area (Å²) in [5, 5.41) is 3.66. The molecule has 0 amide bonds. The van der Waals surface area contributed by atoms with E-state index in [1.165, 1.54) is 17.3 Å². The number of aromatic nitrogens is 6. The fourth-order valence-corrected chi connectivity index (χ4v) is 1.62. The minimum Gasteiger partial charge on any atom is -0.424 e. The Balaban J connectivity index is 1.95. The molecule has 0 aliphatic heterocycles. The second-order valence-corrected chi connectivity index (χ2v) is 4.07. The number of ether oxygens (including phenoxy) is 1. The average molecular weight is 311 g/mol. The summed E-state index contributed by atoms with van der Waals surface area (Å²) >= 11 is 5.74. The van der Waals surface area contributed by atoms with E-state index in [2.05, 4.69) is 25.0 Å². The standard InChI is InChI=1S/C11H5ClF2N6O/c12-9-17-10(20-5-15-4-16-20)19-11(18-9)21-8-2-6(13)1-7(14)3-8/h1-5H. The monoisotopic (exact) mass is 310 g/mol. The van der Waals surface area contributed by atoms with Gasteiger partial charge >= 0.3 is 6.01 Å². The van der Waals surface area contributed by atoms with Crippen molar-refractivity contribution in [1.29, 1.82) is 0 Å². The van der Waals surface area contributed by atoms with Crippen LogP contribution in [0, 0.1) is 11.6 Å². The first kappa shape index (κ1) is 13.3. The molecular weight excluding hydrogens is 306 g/mol. The molecule has 0 saturated carbocycles. The number of hydrogen-bond acceptors (Lipinski definition) is 6. The molecule has 2 aromatic heterocycles. The molecule has 0 radical (unpaired) electrons. The Morgan fingerprint density at radius 1 is 1.05 bits per heavy atom. The van der Waals surface area contributed by atoms with E-state index in [1.54, 1.807) is 0 Å². The molecule has 0 unspecified atom stereocenters. The highest BCUT2D eigenvalue weighted by atomic mass is 35.5. The molecule has 1 aromatic carbocycles. The molecular formula is C11H5ClF2N6O. The highest BCUT2D eigenvalue weighted by Gasteiger charge is 2.10. The number of nitrogens with zero attached hydrogens (tertiary/aromatic N) is 6. The number of halogens is 3. The van der Waals surface area contributed by atoms with Crippen LogP contribution in [0.25, 0.3) is 5.95 Å². The minimum absolute atomic E-state index is 0.0550. The van der Waals surface area contributed by atoms with Gasteiger partial charge in [0.1, 0.15) is 30.0 Å². The lowest BCUT2D eigenvalue weighted by Crippen LogP contribution is -2.05. The molecule has 0 bridgehead atoms. The van der Waals surface area contributed by atoms with Gasteiger partial charge in [-0.3, -0.25) is 0 Å². The van der Waals surface area contributed by atoms with Crippen LogP contribution in [0.1, 0.15) is 0 Å². The van der Waals surface area contributed by atoms with E-state index in [0.29, 0.717) is 6.07 Å². The molecule has 7 nitrogen and oxygen atoms in total. The van der Waals surface area contributed by atoms with Gasteiger partial charge in [0.15, 0.2) is 0 Å². The molecule has 21 heavy (non-hydrogen) atoms. The zero-order valence-electron chi connectivity index (χ0n) is 10.1. The summed E-state index contributed by atoms with van der Waals surface area (Å²) < 4.78 is 32.6. The molecule has 0 spiro atoms. The quantitative estimate of drug-likeness (QED) is 0.737. The molecule has 106 valence electrons. The van der Waals surface area contributed by atoms with Crippen LogP contribution >= 0.6 is 11.6 Å². The van der Waals surface area contributed by atoms with E-state index in [4.69, 9.17) is 16.3 Å². The molecule has 0 atom stereocenters. The van der Waals surface area contributed by atoms with Gasteiger partial charge in [0, 0.05) is 18.2 Å². The number of rotatable bonds is 3. The minimum atomic E-state index is -0.790. The van der Waals surface area contributed by atoms with Crippen molar-refractivity contribution in [1.82, 2.24) is 29.7 Å². The van der Waals surface area contributed by atoms with Crippen molar-refractivity contribution in [3.8, 4) is 17.7 Å².